The maximum Gasteiger partial charge on any atom is 0.191 e. The molecule has 0 unspecified atom stereocenters. The molecular weight excluding hydrogens is 396 g/mol. The first-order valence-corrected chi connectivity index (χ1v) is 6.93. The van der Waals surface area contributed by atoms with Crippen molar-refractivity contribution in [3.63, 3.8) is 0 Å². The van der Waals surface area contributed by atoms with Gasteiger partial charge in [0, 0.05) is 39.1 Å². The zero-order valence-electron chi connectivity index (χ0n) is 12.5. The Bertz CT molecular complexity index is 571. The van der Waals surface area contributed by atoms with E-state index in [4.69, 9.17) is 0 Å². The average Bonchev–Trinajstić information content (AvgIpc) is 3.01. The van der Waals surface area contributed by atoms with E-state index in [1.165, 1.54) is 6.07 Å². The number of nitrogens with one attached hydrogen (secondary N) is 2. The lowest BCUT2D eigenvalue weighted by atomic mass is 10.1. The third kappa shape index (κ3) is 6.00. The largest absolute Gasteiger partial charge is 0.356 e. The van der Waals surface area contributed by atoms with Crippen LogP contribution in [0.15, 0.2) is 48.0 Å². The summed E-state index contributed by atoms with van der Waals surface area (Å²) in [5.41, 5.74) is 0.707. The third-order valence-electron chi connectivity index (χ3n) is 3.09. The van der Waals surface area contributed by atoms with Crippen molar-refractivity contribution in [1.82, 2.24) is 20.2 Å². The van der Waals surface area contributed by atoms with Crippen LogP contribution in [0.4, 0.5) is 4.39 Å². The molecule has 0 aliphatic carbocycles. The highest BCUT2D eigenvalue weighted by Crippen LogP contribution is 2.05. The van der Waals surface area contributed by atoms with Gasteiger partial charge in [0.15, 0.2) is 5.96 Å². The summed E-state index contributed by atoms with van der Waals surface area (Å²) >= 11 is 0. The molecule has 0 bridgehead atoms. The van der Waals surface area contributed by atoms with Crippen LogP contribution in [-0.2, 0) is 13.0 Å². The number of guanidine groups is 1. The van der Waals surface area contributed by atoms with E-state index in [1.54, 1.807) is 31.7 Å². The second-order valence-corrected chi connectivity index (χ2v) is 4.57. The smallest absolute Gasteiger partial charge is 0.191 e. The summed E-state index contributed by atoms with van der Waals surface area (Å²) in [7, 11) is 1.72. The van der Waals surface area contributed by atoms with Gasteiger partial charge in [-0.1, -0.05) is 18.2 Å². The van der Waals surface area contributed by atoms with Crippen LogP contribution in [-0.4, -0.2) is 35.6 Å². The van der Waals surface area contributed by atoms with Crippen molar-refractivity contribution in [2.75, 3.05) is 20.1 Å². The number of nitrogens with zero attached hydrogens (tertiary/aromatic N) is 3. The minimum absolute atomic E-state index is 0. The number of imidazole rings is 1. The van der Waals surface area contributed by atoms with E-state index in [1.807, 2.05) is 16.8 Å². The molecule has 2 N–H and O–H groups in total. The Balaban J connectivity index is 0.00000242. The highest BCUT2D eigenvalue weighted by Gasteiger charge is 2.01. The Labute approximate surface area is 147 Å². The lowest BCUT2D eigenvalue weighted by Crippen LogP contribution is -2.39. The molecular formula is C15H21FIN5. The highest BCUT2D eigenvalue weighted by molar-refractivity contribution is 14.0. The summed E-state index contributed by atoms with van der Waals surface area (Å²) in [5, 5.41) is 6.38. The van der Waals surface area contributed by atoms with Gasteiger partial charge in [-0.3, -0.25) is 4.99 Å². The van der Waals surface area contributed by atoms with Gasteiger partial charge in [0.2, 0.25) is 0 Å². The van der Waals surface area contributed by atoms with E-state index in [-0.39, 0.29) is 29.8 Å². The third-order valence-corrected chi connectivity index (χ3v) is 3.09. The summed E-state index contributed by atoms with van der Waals surface area (Å²) < 4.78 is 15.5. The van der Waals surface area contributed by atoms with Crippen molar-refractivity contribution in [2.24, 2.45) is 4.99 Å². The van der Waals surface area contributed by atoms with Crippen LogP contribution in [0.3, 0.4) is 0 Å². The van der Waals surface area contributed by atoms with E-state index in [9.17, 15) is 4.39 Å². The fourth-order valence-corrected chi connectivity index (χ4v) is 1.96. The summed E-state index contributed by atoms with van der Waals surface area (Å²) in [5.74, 6) is 0.550. The first kappa shape index (κ1) is 18.4. The van der Waals surface area contributed by atoms with Crippen LogP contribution < -0.4 is 10.6 Å². The molecule has 0 radical (unpaired) electrons. The molecule has 0 amide bonds. The van der Waals surface area contributed by atoms with Gasteiger partial charge in [0.05, 0.1) is 6.33 Å². The Kier molecular flexibility index (Phi) is 8.49. The molecule has 0 fully saturated rings. The fraction of sp³-hybridized carbons (Fsp3) is 0.333. The quantitative estimate of drug-likeness (QED) is 0.430. The van der Waals surface area contributed by atoms with Crippen molar-refractivity contribution in [1.29, 1.82) is 0 Å². The van der Waals surface area contributed by atoms with E-state index >= 15 is 0 Å². The lowest BCUT2D eigenvalue weighted by Gasteiger charge is -2.12. The first-order chi connectivity index (χ1) is 10.3. The molecule has 1 aromatic carbocycles. The number of benzene rings is 1. The van der Waals surface area contributed by atoms with E-state index in [2.05, 4.69) is 20.6 Å². The van der Waals surface area contributed by atoms with Crippen molar-refractivity contribution < 1.29 is 4.39 Å². The molecule has 5 nitrogen and oxygen atoms in total. The van der Waals surface area contributed by atoms with Gasteiger partial charge in [-0.15, -0.1) is 24.0 Å². The predicted molar refractivity (Wildman–Crippen MR) is 97.1 cm³/mol. The topological polar surface area (TPSA) is 54.2 Å². The molecule has 1 heterocycles. The van der Waals surface area contributed by atoms with E-state index in [0.29, 0.717) is 24.5 Å². The molecule has 7 heteroatoms. The van der Waals surface area contributed by atoms with Crippen molar-refractivity contribution >= 4 is 29.9 Å². The van der Waals surface area contributed by atoms with Crippen LogP contribution in [0.5, 0.6) is 0 Å². The number of aromatic nitrogens is 2. The van der Waals surface area contributed by atoms with Crippen molar-refractivity contribution in [2.45, 2.75) is 13.0 Å². The molecule has 1 aromatic heterocycles. The van der Waals surface area contributed by atoms with Gasteiger partial charge < -0.3 is 15.2 Å². The number of hydrogen-bond acceptors (Lipinski definition) is 2. The average molecular weight is 417 g/mol. The van der Waals surface area contributed by atoms with Gasteiger partial charge in [-0.05, 0) is 18.1 Å². The normalized spacial score (nSPS) is 10.9. The van der Waals surface area contributed by atoms with Crippen LogP contribution in [0, 0.1) is 5.82 Å². The summed E-state index contributed by atoms with van der Waals surface area (Å²) in [6.07, 6.45) is 6.06. The molecule has 2 aromatic rings. The Morgan fingerprint density at radius 3 is 2.73 bits per heavy atom. The Morgan fingerprint density at radius 1 is 1.27 bits per heavy atom. The summed E-state index contributed by atoms with van der Waals surface area (Å²) in [6.45, 7) is 2.19. The molecule has 0 aliphatic rings. The standard InChI is InChI=1S/C15H20FN5.HI/c1-17-15(20-9-11-21-10-8-18-12-21)19-7-6-13-4-2-3-5-14(13)16;/h2-5,8,10,12H,6-7,9,11H2,1H3,(H2,17,19,20);1H. The Morgan fingerprint density at radius 2 is 2.05 bits per heavy atom. The molecule has 0 spiro atoms. The summed E-state index contributed by atoms with van der Waals surface area (Å²) in [6, 6.07) is 6.82. The SMILES string of the molecule is CN=C(NCCc1ccccc1F)NCCn1ccnc1.I. The first-order valence-electron chi connectivity index (χ1n) is 6.93. The maximum absolute atomic E-state index is 13.5. The molecule has 0 aliphatic heterocycles. The number of halogens is 2. The van der Waals surface area contributed by atoms with Gasteiger partial charge in [0.25, 0.3) is 0 Å². The van der Waals surface area contributed by atoms with Gasteiger partial charge >= 0.3 is 0 Å². The van der Waals surface area contributed by atoms with Crippen LogP contribution in [0.1, 0.15) is 5.56 Å². The molecule has 22 heavy (non-hydrogen) atoms. The van der Waals surface area contributed by atoms with Gasteiger partial charge in [0.1, 0.15) is 5.82 Å². The molecule has 0 saturated heterocycles. The van der Waals surface area contributed by atoms with Crippen LogP contribution in [0.25, 0.3) is 0 Å². The highest BCUT2D eigenvalue weighted by atomic mass is 127. The zero-order chi connectivity index (χ0) is 14.9. The molecule has 2 rings (SSSR count). The van der Waals surface area contributed by atoms with E-state index < -0.39 is 0 Å². The second-order valence-electron chi connectivity index (χ2n) is 4.57. The molecule has 0 atom stereocenters. The molecule has 0 saturated carbocycles. The Hall–Kier alpha value is -1.64. The van der Waals surface area contributed by atoms with Crippen LogP contribution in [0.2, 0.25) is 0 Å². The molecule has 120 valence electrons. The fourth-order valence-electron chi connectivity index (χ4n) is 1.96. The minimum atomic E-state index is -0.164. The lowest BCUT2D eigenvalue weighted by molar-refractivity contribution is 0.606. The predicted octanol–water partition coefficient (Wildman–Crippen LogP) is 2.05. The number of aliphatic imine (C=N–C) groups is 1. The van der Waals surface area contributed by atoms with Crippen molar-refractivity contribution in [3.8, 4) is 0 Å². The minimum Gasteiger partial charge on any atom is -0.356 e. The zero-order valence-corrected chi connectivity index (χ0v) is 14.8. The van der Waals surface area contributed by atoms with Gasteiger partial charge in [-0.2, -0.15) is 0 Å². The van der Waals surface area contributed by atoms with E-state index in [0.717, 1.165) is 13.1 Å². The number of hydrogen-bond donors (Lipinski definition) is 2. The monoisotopic (exact) mass is 417 g/mol. The van der Waals surface area contributed by atoms with Gasteiger partial charge in [-0.25, -0.2) is 9.37 Å². The summed E-state index contributed by atoms with van der Waals surface area (Å²) in [4.78, 5) is 8.12. The number of rotatable bonds is 6. The second kappa shape index (κ2) is 10.1. The van der Waals surface area contributed by atoms with Crippen LogP contribution >= 0.6 is 24.0 Å². The maximum atomic E-state index is 13.5. The van der Waals surface area contributed by atoms with Crippen molar-refractivity contribution in [3.05, 3.63) is 54.4 Å².